The molecule has 0 radical (unpaired) electrons. The highest BCUT2D eigenvalue weighted by atomic mass is 16.7. The highest BCUT2D eigenvalue weighted by molar-refractivity contribution is 4.56. The van der Waals surface area contributed by atoms with Gasteiger partial charge < -0.3 is 0 Å². The van der Waals surface area contributed by atoms with E-state index in [0.29, 0.717) is 0 Å². The lowest BCUT2D eigenvalue weighted by atomic mass is 10.4. The fourth-order valence-corrected chi connectivity index (χ4v) is 0.939. The van der Waals surface area contributed by atoms with Crippen molar-refractivity contribution in [1.82, 2.24) is 5.01 Å². The first-order valence-electron chi connectivity index (χ1n) is 4.32. The summed E-state index contributed by atoms with van der Waals surface area (Å²) >= 11 is 0. The number of hydrogen-bond acceptors (Lipinski definition) is 10. The first-order chi connectivity index (χ1) is 8.70. The van der Waals surface area contributed by atoms with E-state index in [9.17, 15) is 45.4 Å². The summed E-state index contributed by atoms with van der Waals surface area (Å²) in [5.41, 5.74) is 0. The summed E-state index contributed by atoms with van der Waals surface area (Å²) in [5.74, 6) is 0. The van der Waals surface area contributed by atoms with Gasteiger partial charge in [-0.1, -0.05) is 0 Å². The second-order valence-electron chi connectivity index (χ2n) is 3.06. The third-order valence-corrected chi connectivity index (χ3v) is 1.84. The van der Waals surface area contributed by atoms with Crippen LogP contribution in [0.2, 0.25) is 0 Å². The fourth-order valence-electron chi connectivity index (χ4n) is 0.939. The van der Waals surface area contributed by atoms with Crippen LogP contribution < -0.4 is 0 Å². The van der Waals surface area contributed by atoms with Crippen LogP contribution in [0.1, 0.15) is 0 Å². The van der Waals surface area contributed by atoms with Gasteiger partial charge in [-0.2, -0.15) is 0 Å². The molecule has 0 aromatic rings. The molecule has 106 valence electrons. The molecule has 0 aromatic heterocycles. The van der Waals surface area contributed by atoms with E-state index in [2.05, 4.69) is 5.29 Å². The van der Waals surface area contributed by atoms with Crippen molar-refractivity contribution in [3.05, 3.63) is 45.4 Å². The van der Waals surface area contributed by atoms with Gasteiger partial charge in [0.2, 0.25) is 0 Å². The third kappa shape index (κ3) is 4.79. The summed E-state index contributed by atoms with van der Waals surface area (Å²) in [6.45, 7) is -2.44. The number of hydrogen-bond donors (Lipinski definition) is 0. The Labute approximate surface area is 102 Å². The third-order valence-electron chi connectivity index (χ3n) is 1.84. The van der Waals surface area contributed by atoms with Crippen molar-refractivity contribution < 1.29 is 19.7 Å². The Morgan fingerprint density at radius 1 is 0.789 bits per heavy atom. The zero-order chi connectivity index (χ0) is 15.2. The Balaban J connectivity index is 4.88. The summed E-state index contributed by atoms with van der Waals surface area (Å²) in [7, 11) is 0. The molecule has 0 spiro atoms. The molecule has 0 unspecified atom stereocenters. The Hall–Kier alpha value is -3.00. The van der Waals surface area contributed by atoms with Crippen molar-refractivity contribution in [3.63, 3.8) is 0 Å². The van der Waals surface area contributed by atoms with Crippen LogP contribution >= 0.6 is 0 Å². The minimum atomic E-state index is -2.48. The molecule has 0 aliphatic heterocycles. The normalized spacial score (nSPS) is 10.2. The van der Waals surface area contributed by atoms with Crippen molar-refractivity contribution in [2.75, 3.05) is 13.1 Å². The summed E-state index contributed by atoms with van der Waals surface area (Å²) in [5, 5.41) is 43.1. The van der Waals surface area contributed by atoms with Gasteiger partial charge in [-0.3, -0.25) is 40.5 Å². The summed E-state index contributed by atoms with van der Waals surface area (Å²) in [6.07, 6.45) is -4.95. The molecular weight excluding hydrogens is 276 g/mol. The second-order valence-corrected chi connectivity index (χ2v) is 3.06. The summed E-state index contributed by atoms with van der Waals surface area (Å²) in [4.78, 5) is 45.9. The van der Waals surface area contributed by atoms with Crippen molar-refractivity contribution in [2.24, 2.45) is 5.29 Å². The largest absolute Gasteiger partial charge is 0.469 e. The van der Waals surface area contributed by atoms with Gasteiger partial charge in [-0.25, -0.2) is 5.01 Å². The van der Waals surface area contributed by atoms with E-state index in [0.717, 1.165) is 0 Å². The van der Waals surface area contributed by atoms with Gasteiger partial charge in [-0.05, 0) is 0 Å². The molecule has 0 aliphatic carbocycles. The smallest absolute Gasteiger partial charge is 0.258 e. The molecule has 0 fully saturated rings. The molecule has 15 heteroatoms. The van der Waals surface area contributed by atoms with E-state index in [1.807, 2.05) is 0 Å². The van der Waals surface area contributed by atoms with E-state index in [1.54, 1.807) is 0 Å². The van der Waals surface area contributed by atoms with E-state index >= 15 is 0 Å². The Bertz CT molecular complexity index is 348. The minimum Gasteiger partial charge on any atom is -0.258 e. The number of nitrogens with zero attached hydrogens (tertiary/aromatic N) is 6. The van der Waals surface area contributed by atoms with Crippen LogP contribution in [-0.2, 0) is 0 Å². The van der Waals surface area contributed by atoms with Crippen molar-refractivity contribution >= 4 is 0 Å². The molecule has 0 bridgehead atoms. The lowest BCUT2D eigenvalue weighted by Crippen LogP contribution is -2.45. The molecular formula is C4H6N6O9. The molecule has 15 nitrogen and oxygen atoms in total. The SMILES string of the molecule is O=NN(CC([N+](=O)[O-])[N+](=O)[O-])CC([N+](=O)[O-])[N+](=O)[O-]. The van der Waals surface area contributed by atoms with Crippen molar-refractivity contribution in [3.8, 4) is 0 Å². The molecule has 0 aliphatic rings. The molecule has 0 rings (SSSR count). The Morgan fingerprint density at radius 2 is 1.05 bits per heavy atom. The average molecular weight is 282 g/mol. The maximum absolute atomic E-state index is 10.3. The molecule has 0 aromatic carbocycles. The number of nitro groups is 4. The molecule has 0 atom stereocenters. The van der Waals surface area contributed by atoms with Crippen LogP contribution in [0.3, 0.4) is 0 Å². The van der Waals surface area contributed by atoms with Gasteiger partial charge >= 0.3 is 12.3 Å². The number of nitroso groups, excluding NO2 is 1. The average Bonchev–Trinajstić information content (AvgIpc) is 2.27. The lowest BCUT2D eigenvalue weighted by Gasteiger charge is -2.12. The topological polar surface area (TPSA) is 205 Å². The van der Waals surface area contributed by atoms with Gasteiger partial charge in [0, 0.05) is 0 Å². The first-order valence-corrected chi connectivity index (χ1v) is 4.32. The first kappa shape index (κ1) is 16.0. The van der Waals surface area contributed by atoms with Crippen LogP contribution in [0, 0.1) is 45.4 Å². The maximum Gasteiger partial charge on any atom is 0.469 e. The van der Waals surface area contributed by atoms with E-state index in [-0.39, 0.29) is 5.01 Å². The molecule has 0 amide bonds. The molecule has 0 heterocycles. The van der Waals surface area contributed by atoms with Gasteiger partial charge in [0.25, 0.3) is 0 Å². The van der Waals surface area contributed by atoms with Crippen LogP contribution in [0.15, 0.2) is 5.29 Å². The molecule has 19 heavy (non-hydrogen) atoms. The van der Waals surface area contributed by atoms with Crippen molar-refractivity contribution in [1.29, 1.82) is 0 Å². The maximum atomic E-state index is 10.3. The van der Waals surface area contributed by atoms with Gasteiger partial charge in [-0.15, -0.1) is 4.91 Å². The Kier molecular flexibility index (Phi) is 5.61. The molecule has 0 saturated carbocycles. The highest BCUT2D eigenvalue weighted by Crippen LogP contribution is 2.02. The van der Waals surface area contributed by atoms with Crippen molar-refractivity contribution in [2.45, 2.75) is 12.3 Å². The standard InChI is InChI=1S/C4H6N6O9/c11-5-6(1-3(7(12)13)8(14)15)2-4(9(16)17)10(18)19/h3-4H,1-2H2. The van der Waals surface area contributed by atoms with Crippen LogP contribution in [0.25, 0.3) is 0 Å². The van der Waals surface area contributed by atoms with E-state index in [1.165, 1.54) is 0 Å². The van der Waals surface area contributed by atoms with Gasteiger partial charge in [0.1, 0.15) is 0 Å². The van der Waals surface area contributed by atoms with Gasteiger partial charge in [0.05, 0.1) is 25.0 Å². The monoisotopic (exact) mass is 282 g/mol. The zero-order valence-electron chi connectivity index (χ0n) is 8.93. The van der Waals surface area contributed by atoms with E-state index in [4.69, 9.17) is 0 Å². The predicted octanol–water partition coefficient (Wildman–Crippen LogP) is -1.27. The van der Waals surface area contributed by atoms with Crippen LogP contribution in [0.5, 0.6) is 0 Å². The Morgan fingerprint density at radius 3 is 1.21 bits per heavy atom. The van der Waals surface area contributed by atoms with Crippen LogP contribution in [-0.4, -0.2) is 50.1 Å². The lowest BCUT2D eigenvalue weighted by molar-refractivity contribution is -0.748. The zero-order valence-corrected chi connectivity index (χ0v) is 8.93. The molecule has 0 N–H and O–H groups in total. The molecule has 0 saturated heterocycles. The van der Waals surface area contributed by atoms with Crippen LogP contribution in [0.4, 0.5) is 0 Å². The quantitative estimate of drug-likeness (QED) is 0.212. The van der Waals surface area contributed by atoms with Gasteiger partial charge in [0.15, 0.2) is 13.1 Å². The number of rotatable bonds is 9. The van der Waals surface area contributed by atoms with E-state index < -0.39 is 45.1 Å². The highest BCUT2D eigenvalue weighted by Gasteiger charge is 2.41. The predicted molar refractivity (Wildman–Crippen MR) is 52.9 cm³/mol. The second kappa shape index (κ2) is 6.67. The minimum absolute atomic E-state index is 0.00741. The summed E-state index contributed by atoms with van der Waals surface area (Å²) < 4.78 is 0. The summed E-state index contributed by atoms with van der Waals surface area (Å²) in [6, 6.07) is 0. The fraction of sp³-hybridized carbons (Fsp3) is 1.00.